The van der Waals surface area contributed by atoms with Crippen LogP contribution in [-0.4, -0.2) is 8.07 Å². The van der Waals surface area contributed by atoms with Crippen molar-refractivity contribution in [3.63, 3.8) is 0 Å². The Bertz CT molecular complexity index is 132. The Morgan fingerprint density at radius 3 is 1.38 bits per heavy atom. The minimum Gasteiger partial charge on any atom is -0.104 e. The summed E-state index contributed by atoms with van der Waals surface area (Å²) < 4.78 is 0. The zero-order chi connectivity index (χ0) is 10.3. The molecule has 0 aliphatic heterocycles. The molecule has 1 heteroatoms. The van der Waals surface area contributed by atoms with E-state index in [1.165, 1.54) is 42.6 Å². The van der Waals surface area contributed by atoms with Crippen molar-refractivity contribution in [3.05, 3.63) is 11.8 Å². The Morgan fingerprint density at radius 2 is 1.23 bits per heavy atom. The van der Waals surface area contributed by atoms with Crippen LogP contribution < -0.4 is 0 Å². The third-order valence-electron chi connectivity index (χ3n) is 3.09. The van der Waals surface area contributed by atoms with E-state index in [2.05, 4.69) is 34.3 Å². The van der Waals surface area contributed by atoms with Gasteiger partial charge in [-0.3, -0.25) is 0 Å². The molecular formula is C12H26Si. The molecule has 78 valence electrons. The molecule has 0 bridgehead atoms. The highest BCUT2D eigenvalue weighted by Gasteiger charge is 2.30. The molecule has 13 heavy (non-hydrogen) atoms. The molecule has 0 aromatic heterocycles. The van der Waals surface area contributed by atoms with Crippen LogP contribution in [0.15, 0.2) is 11.8 Å². The second kappa shape index (κ2) is 6.42. The van der Waals surface area contributed by atoms with E-state index in [-0.39, 0.29) is 0 Å². The van der Waals surface area contributed by atoms with Gasteiger partial charge in [0.25, 0.3) is 0 Å². The first-order chi connectivity index (χ1) is 6.13. The Balaban J connectivity index is 4.48. The summed E-state index contributed by atoms with van der Waals surface area (Å²) in [7, 11) is -1.07. The fourth-order valence-electron chi connectivity index (χ4n) is 2.45. The molecular weight excluding hydrogens is 172 g/mol. The van der Waals surface area contributed by atoms with E-state index in [9.17, 15) is 0 Å². The van der Waals surface area contributed by atoms with Crippen LogP contribution in [0.1, 0.15) is 47.0 Å². The van der Waals surface area contributed by atoms with Crippen LogP contribution >= 0.6 is 0 Å². The fourth-order valence-corrected chi connectivity index (χ4v) is 7.35. The number of rotatable bonds is 7. The minimum atomic E-state index is -1.07. The summed E-state index contributed by atoms with van der Waals surface area (Å²) in [4.78, 5) is 0. The van der Waals surface area contributed by atoms with Gasteiger partial charge in [-0.2, -0.15) is 0 Å². The molecule has 0 aromatic rings. The number of hydrogen-bond acceptors (Lipinski definition) is 0. The number of allylic oxidation sites excluding steroid dienone is 1. The van der Waals surface area contributed by atoms with Crippen LogP contribution in [0.3, 0.4) is 0 Å². The lowest BCUT2D eigenvalue weighted by Crippen LogP contribution is -2.35. The van der Waals surface area contributed by atoms with Crippen LogP contribution in [-0.2, 0) is 0 Å². The average molecular weight is 198 g/mol. The summed E-state index contributed by atoms with van der Waals surface area (Å²) in [6, 6.07) is 4.39. The molecule has 0 fully saturated rings. The second-order valence-corrected chi connectivity index (χ2v) is 9.22. The summed E-state index contributed by atoms with van der Waals surface area (Å²) in [6.45, 7) is 13.5. The van der Waals surface area contributed by atoms with Crippen molar-refractivity contribution in [2.45, 2.75) is 65.1 Å². The van der Waals surface area contributed by atoms with Crippen LogP contribution in [0.4, 0.5) is 0 Å². The summed E-state index contributed by atoms with van der Waals surface area (Å²) in [5, 5.41) is 1.54. The van der Waals surface area contributed by atoms with E-state index in [0.29, 0.717) is 0 Å². The van der Waals surface area contributed by atoms with E-state index < -0.39 is 8.07 Å². The third-order valence-corrected chi connectivity index (χ3v) is 9.27. The molecule has 0 aromatic carbocycles. The largest absolute Gasteiger partial charge is 0.104 e. The second-order valence-electron chi connectivity index (χ2n) is 4.31. The van der Waals surface area contributed by atoms with E-state index >= 15 is 0 Å². The monoisotopic (exact) mass is 198 g/mol. The first-order valence-corrected chi connectivity index (χ1v) is 8.41. The highest BCUT2D eigenvalue weighted by molar-refractivity contribution is 6.86. The van der Waals surface area contributed by atoms with Gasteiger partial charge in [0.2, 0.25) is 0 Å². The van der Waals surface area contributed by atoms with Gasteiger partial charge in [-0.1, -0.05) is 63.4 Å². The SMILES string of the molecule is C=C(C)[Si](CCC)(CCC)CCC. The topological polar surface area (TPSA) is 0 Å². The van der Waals surface area contributed by atoms with Gasteiger partial charge in [-0.05, 0) is 6.92 Å². The lowest BCUT2D eigenvalue weighted by molar-refractivity contribution is 0.928. The Hall–Kier alpha value is -0.0431. The molecule has 0 aliphatic carbocycles. The van der Waals surface area contributed by atoms with Crippen molar-refractivity contribution in [3.8, 4) is 0 Å². The van der Waals surface area contributed by atoms with Crippen molar-refractivity contribution >= 4 is 8.07 Å². The summed E-state index contributed by atoms with van der Waals surface area (Å²) in [6.07, 6.45) is 4.04. The molecule has 0 N–H and O–H groups in total. The van der Waals surface area contributed by atoms with Gasteiger partial charge >= 0.3 is 0 Å². The third kappa shape index (κ3) is 3.68. The summed E-state index contributed by atoms with van der Waals surface area (Å²) in [5.74, 6) is 0. The molecule has 0 unspecified atom stereocenters. The van der Waals surface area contributed by atoms with E-state index in [1.807, 2.05) is 0 Å². The molecule has 0 aliphatic rings. The quantitative estimate of drug-likeness (QED) is 0.516. The van der Waals surface area contributed by atoms with Crippen LogP contribution in [0.5, 0.6) is 0 Å². The summed E-state index contributed by atoms with van der Waals surface area (Å²) in [5.41, 5.74) is 0. The highest BCUT2D eigenvalue weighted by atomic mass is 28.3. The number of hydrogen-bond donors (Lipinski definition) is 0. The Morgan fingerprint density at radius 1 is 0.923 bits per heavy atom. The molecule has 0 radical (unpaired) electrons. The lowest BCUT2D eigenvalue weighted by Gasteiger charge is -2.31. The lowest BCUT2D eigenvalue weighted by atomic mass is 10.5. The zero-order valence-corrected chi connectivity index (χ0v) is 10.9. The molecule has 0 spiro atoms. The first-order valence-electron chi connectivity index (χ1n) is 5.79. The predicted octanol–water partition coefficient (Wildman–Crippen LogP) is 4.78. The molecule has 0 atom stereocenters. The Labute approximate surface area is 85.4 Å². The van der Waals surface area contributed by atoms with Gasteiger partial charge < -0.3 is 0 Å². The van der Waals surface area contributed by atoms with Gasteiger partial charge in [0.05, 0.1) is 8.07 Å². The van der Waals surface area contributed by atoms with Crippen LogP contribution in [0.25, 0.3) is 0 Å². The zero-order valence-electron chi connectivity index (χ0n) is 9.95. The summed E-state index contributed by atoms with van der Waals surface area (Å²) >= 11 is 0. The van der Waals surface area contributed by atoms with Crippen LogP contribution in [0, 0.1) is 0 Å². The maximum absolute atomic E-state index is 4.25. The van der Waals surface area contributed by atoms with Gasteiger partial charge in [0.15, 0.2) is 0 Å². The standard InChI is InChI=1S/C12H26Si/c1-6-9-13(10-7-2,11-8-3)12(4)5/h4,6-11H2,1-3,5H3. The van der Waals surface area contributed by atoms with E-state index in [0.717, 1.165) is 0 Å². The van der Waals surface area contributed by atoms with Gasteiger partial charge in [-0.15, -0.1) is 6.58 Å². The molecule has 0 nitrogen and oxygen atoms in total. The van der Waals surface area contributed by atoms with Gasteiger partial charge in [0.1, 0.15) is 0 Å². The maximum Gasteiger partial charge on any atom is 0.0803 e. The predicted molar refractivity (Wildman–Crippen MR) is 65.9 cm³/mol. The van der Waals surface area contributed by atoms with Gasteiger partial charge in [0, 0.05) is 0 Å². The highest BCUT2D eigenvalue weighted by Crippen LogP contribution is 2.31. The molecule has 0 saturated heterocycles. The molecule has 0 saturated carbocycles. The van der Waals surface area contributed by atoms with Crippen LogP contribution in [0.2, 0.25) is 18.1 Å². The maximum atomic E-state index is 4.25. The van der Waals surface area contributed by atoms with Crippen molar-refractivity contribution in [2.75, 3.05) is 0 Å². The van der Waals surface area contributed by atoms with Crippen molar-refractivity contribution in [1.29, 1.82) is 0 Å². The minimum absolute atomic E-state index is 1.07. The first kappa shape index (κ1) is 13.0. The van der Waals surface area contributed by atoms with E-state index in [1.54, 1.807) is 0 Å². The van der Waals surface area contributed by atoms with Crippen molar-refractivity contribution < 1.29 is 0 Å². The normalized spacial score (nSPS) is 11.7. The Kier molecular flexibility index (Phi) is 6.40. The molecule has 0 heterocycles. The molecule has 0 rings (SSSR count). The van der Waals surface area contributed by atoms with Crippen molar-refractivity contribution in [1.82, 2.24) is 0 Å². The fraction of sp³-hybridized carbons (Fsp3) is 0.833. The van der Waals surface area contributed by atoms with Crippen molar-refractivity contribution in [2.24, 2.45) is 0 Å². The smallest absolute Gasteiger partial charge is 0.0803 e. The molecule has 0 amide bonds. The van der Waals surface area contributed by atoms with E-state index in [4.69, 9.17) is 0 Å². The average Bonchev–Trinajstić information content (AvgIpc) is 2.05. The van der Waals surface area contributed by atoms with Gasteiger partial charge in [-0.25, -0.2) is 0 Å².